The molecule has 0 aromatic carbocycles. The van der Waals surface area contributed by atoms with Gasteiger partial charge >= 0.3 is 0 Å². The zero-order valence-corrected chi connectivity index (χ0v) is 12.4. The summed E-state index contributed by atoms with van der Waals surface area (Å²) in [5, 5.41) is 0.604. The summed E-state index contributed by atoms with van der Waals surface area (Å²) >= 11 is 3.65. The van der Waals surface area contributed by atoms with Crippen LogP contribution in [0.4, 0.5) is 0 Å². The average molecular weight is 272 g/mol. The smallest absolute Gasteiger partial charge is 0.247 e. The number of fused-ring (bicyclic) bond motifs is 1. The maximum Gasteiger partial charge on any atom is 0.247 e. The second kappa shape index (κ2) is 4.52. The fraction of sp³-hybridized carbons (Fsp3) is 0.750. The van der Waals surface area contributed by atoms with Gasteiger partial charge < -0.3 is 10.6 Å². The molecule has 2 unspecified atom stereocenters. The largest absolute Gasteiger partial charge is 0.317 e. The quantitative estimate of drug-likeness (QED) is 0.780. The van der Waals surface area contributed by atoms with Crippen molar-refractivity contribution in [3.8, 4) is 0 Å². The van der Waals surface area contributed by atoms with Crippen LogP contribution >= 0.6 is 23.5 Å². The summed E-state index contributed by atoms with van der Waals surface area (Å²) in [5.74, 6) is 1.05. The minimum absolute atomic E-state index is 0.0634. The molecule has 2 aliphatic rings. The van der Waals surface area contributed by atoms with Crippen LogP contribution in [0.1, 0.15) is 20.8 Å². The van der Waals surface area contributed by atoms with E-state index in [9.17, 15) is 4.79 Å². The van der Waals surface area contributed by atoms with Crippen LogP contribution in [0, 0.1) is 5.41 Å². The van der Waals surface area contributed by atoms with Gasteiger partial charge in [0, 0.05) is 17.2 Å². The fourth-order valence-corrected chi connectivity index (χ4v) is 4.58. The van der Waals surface area contributed by atoms with Crippen LogP contribution in [0.3, 0.4) is 0 Å². The first-order chi connectivity index (χ1) is 7.86. The molecule has 0 aromatic heterocycles. The van der Waals surface area contributed by atoms with E-state index in [1.807, 2.05) is 22.9 Å². The Labute approximate surface area is 112 Å². The van der Waals surface area contributed by atoms with Gasteiger partial charge in [-0.25, -0.2) is 0 Å². The van der Waals surface area contributed by atoms with Crippen molar-refractivity contribution in [1.82, 2.24) is 4.90 Å². The van der Waals surface area contributed by atoms with Crippen molar-refractivity contribution in [3.05, 3.63) is 11.8 Å². The molecule has 17 heavy (non-hydrogen) atoms. The Kier molecular flexibility index (Phi) is 3.54. The van der Waals surface area contributed by atoms with Gasteiger partial charge in [-0.15, -0.1) is 11.8 Å². The molecule has 2 rings (SSSR count). The normalized spacial score (nSPS) is 33.0. The molecule has 96 valence electrons. The average Bonchev–Trinajstić information content (AvgIpc) is 2.26. The molecule has 0 radical (unpaired) electrons. The van der Waals surface area contributed by atoms with Crippen molar-refractivity contribution in [2.45, 2.75) is 37.4 Å². The number of rotatable bonds is 2. The third-order valence-electron chi connectivity index (χ3n) is 3.14. The van der Waals surface area contributed by atoms with E-state index < -0.39 is 0 Å². The van der Waals surface area contributed by atoms with Gasteiger partial charge in [-0.05, 0) is 17.2 Å². The Hall–Kier alpha value is -0.130. The summed E-state index contributed by atoms with van der Waals surface area (Å²) in [6, 6.07) is -0.308. The number of amides is 1. The van der Waals surface area contributed by atoms with Gasteiger partial charge in [0.15, 0.2) is 0 Å². The molecule has 3 nitrogen and oxygen atoms in total. The zero-order chi connectivity index (χ0) is 12.8. The topological polar surface area (TPSA) is 46.3 Å². The molecular weight excluding hydrogens is 252 g/mol. The van der Waals surface area contributed by atoms with Gasteiger partial charge in [-0.3, -0.25) is 4.79 Å². The van der Waals surface area contributed by atoms with Crippen molar-refractivity contribution in [2.24, 2.45) is 11.1 Å². The molecule has 1 fully saturated rings. The predicted octanol–water partition coefficient (Wildman–Crippen LogP) is 1.89. The van der Waals surface area contributed by atoms with Gasteiger partial charge in [0.25, 0.3) is 0 Å². The molecule has 1 saturated heterocycles. The molecule has 0 bridgehead atoms. The highest BCUT2D eigenvalue weighted by Gasteiger charge is 2.50. The lowest BCUT2D eigenvalue weighted by atomic mass is 9.87. The van der Waals surface area contributed by atoms with E-state index in [1.165, 1.54) is 5.57 Å². The zero-order valence-electron chi connectivity index (χ0n) is 10.8. The van der Waals surface area contributed by atoms with E-state index in [4.69, 9.17) is 5.73 Å². The first-order valence-electron chi connectivity index (χ1n) is 5.79. The van der Waals surface area contributed by atoms with Crippen LogP contribution in [0.15, 0.2) is 11.8 Å². The van der Waals surface area contributed by atoms with Crippen LogP contribution in [0.2, 0.25) is 0 Å². The highest BCUT2D eigenvalue weighted by Crippen LogP contribution is 2.46. The highest BCUT2D eigenvalue weighted by atomic mass is 32.2. The number of β-lactam (4-membered cyclic amide) rings is 1. The lowest BCUT2D eigenvalue weighted by molar-refractivity contribution is -0.140. The Morgan fingerprint density at radius 2 is 2.18 bits per heavy atom. The summed E-state index contributed by atoms with van der Waals surface area (Å²) < 4.78 is 0. The molecule has 2 aliphatic heterocycles. The lowest BCUT2D eigenvalue weighted by Gasteiger charge is -2.50. The molecule has 5 heteroatoms. The van der Waals surface area contributed by atoms with E-state index >= 15 is 0 Å². The van der Waals surface area contributed by atoms with E-state index in [0.29, 0.717) is 5.25 Å². The van der Waals surface area contributed by atoms with E-state index in [1.54, 1.807) is 11.8 Å². The van der Waals surface area contributed by atoms with Gasteiger partial charge in [0.05, 0.1) is 0 Å². The molecule has 2 N–H and O–H groups in total. The van der Waals surface area contributed by atoms with Gasteiger partial charge in [0.1, 0.15) is 11.4 Å². The predicted molar refractivity (Wildman–Crippen MR) is 75.9 cm³/mol. The van der Waals surface area contributed by atoms with Crippen LogP contribution in [0.25, 0.3) is 0 Å². The summed E-state index contributed by atoms with van der Waals surface area (Å²) in [5.41, 5.74) is 7.41. The SMILES string of the molecule is CSCC1=CN2C(=O)C(N)[C@H]2SC1C(C)(C)C. The number of hydrogen-bond donors (Lipinski definition) is 1. The Bertz CT molecular complexity index is 362. The fourth-order valence-electron chi connectivity index (χ4n) is 2.31. The highest BCUT2D eigenvalue weighted by molar-refractivity contribution is 8.01. The number of carbonyl (C=O) groups is 1. The molecule has 3 atom stereocenters. The maximum absolute atomic E-state index is 11.6. The molecule has 0 saturated carbocycles. The second-order valence-corrected chi connectivity index (χ2v) is 7.77. The van der Waals surface area contributed by atoms with Crippen molar-refractivity contribution < 1.29 is 4.79 Å². The van der Waals surface area contributed by atoms with Crippen LogP contribution < -0.4 is 5.73 Å². The summed E-state index contributed by atoms with van der Waals surface area (Å²) in [6.45, 7) is 6.75. The minimum Gasteiger partial charge on any atom is -0.317 e. The van der Waals surface area contributed by atoms with E-state index in [-0.39, 0.29) is 22.7 Å². The Morgan fingerprint density at radius 1 is 1.53 bits per heavy atom. The molecule has 0 aromatic rings. The van der Waals surface area contributed by atoms with Crippen molar-refractivity contribution in [3.63, 3.8) is 0 Å². The van der Waals surface area contributed by atoms with Crippen LogP contribution in [-0.2, 0) is 4.79 Å². The van der Waals surface area contributed by atoms with Crippen molar-refractivity contribution >= 4 is 29.4 Å². The van der Waals surface area contributed by atoms with Crippen LogP contribution in [0.5, 0.6) is 0 Å². The summed E-state index contributed by atoms with van der Waals surface area (Å²) in [4.78, 5) is 13.4. The summed E-state index contributed by atoms with van der Waals surface area (Å²) in [6.07, 6.45) is 4.14. The molecule has 0 aliphatic carbocycles. The number of nitrogens with zero attached hydrogens (tertiary/aromatic N) is 1. The standard InChI is InChI=1S/C12H20N2OS2/c1-12(2,3)9-7(6-16-4)5-14-10(15)8(13)11(14)17-9/h5,8-9,11H,6,13H2,1-4H3/t8?,9?,11-/m1/s1. The first kappa shape index (κ1) is 13.3. The molecule has 1 amide bonds. The van der Waals surface area contributed by atoms with Crippen molar-refractivity contribution in [2.75, 3.05) is 12.0 Å². The molecule has 0 spiro atoms. The molecular formula is C12H20N2OS2. The number of nitrogens with two attached hydrogens (primary N) is 1. The van der Waals surface area contributed by atoms with Gasteiger partial charge in [-0.1, -0.05) is 20.8 Å². The van der Waals surface area contributed by atoms with E-state index in [2.05, 4.69) is 27.0 Å². The maximum atomic E-state index is 11.6. The van der Waals surface area contributed by atoms with Gasteiger partial charge in [0.2, 0.25) is 5.91 Å². The molecule has 2 heterocycles. The second-order valence-electron chi connectivity index (χ2n) is 5.68. The first-order valence-corrected chi connectivity index (χ1v) is 8.12. The van der Waals surface area contributed by atoms with Gasteiger partial charge in [-0.2, -0.15) is 11.8 Å². The Morgan fingerprint density at radius 3 is 2.71 bits per heavy atom. The monoisotopic (exact) mass is 272 g/mol. The number of thioether (sulfide) groups is 2. The number of hydrogen-bond acceptors (Lipinski definition) is 4. The summed E-state index contributed by atoms with van der Waals surface area (Å²) in [7, 11) is 0. The van der Waals surface area contributed by atoms with Crippen molar-refractivity contribution in [1.29, 1.82) is 0 Å². The van der Waals surface area contributed by atoms with E-state index in [0.717, 1.165) is 5.75 Å². The third kappa shape index (κ3) is 2.25. The minimum atomic E-state index is -0.308. The third-order valence-corrected chi connectivity index (χ3v) is 5.84. The lowest BCUT2D eigenvalue weighted by Crippen LogP contribution is -2.67. The van der Waals surface area contributed by atoms with Crippen LogP contribution in [-0.4, -0.2) is 39.5 Å². The Balaban J connectivity index is 2.26. The number of carbonyl (C=O) groups excluding carboxylic acids is 1.